The van der Waals surface area contributed by atoms with Crippen LogP contribution in [0.5, 0.6) is 5.75 Å². The number of pyridine rings is 1. The Balaban J connectivity index is 1.95. The summed E-state index contributed by atoms with van der Waals surface area (Å²) < 4.78 is 28.2. The van der Waals surface area contributed by atoms with E-state index in [9.17, 15) is 8.42 Å². The maximum absolute atomic E-state index is 11.4. The van der Waals surface area contributed by atoms with E-state index in [1.807, 2.05) is 12.1 Å². The minimum absolute atomic E-state index is 0.0453. The van der Waals surface area contributed by atoms with Crippen molar-refractivity contribution < 1.29 is 13.2 Å². The fourth-order valence-electron chi connectivity index (χ4n) is 1.91. The molecule has 0 fully saturated rings. The number of ether oxygens (including phenoxy) is 1. The summed E-state index contributed by atoms with van der Waals surface area (Å²) in [6.45, 7) is 0.431. The molecule has 4 N–H and O–H groups in total. The van der Waals surface area contributed by atoms with Crippen LogP contribution < -0.4 is 15.6 Å². The molecule has 0 saturated carbocycles. The molecule has 0 radical (unpaired) electrons. The number of hydrogen-bond donors (Lipinski definition) is 2. The van der Waals surface area contributed by atoms with Crippen molar-refractivity contribution in [3.8, 4) is 5.75 Å². The largest absolute Gasteiger partial charge is 0.491 e. The predicted molar refractivity (Wildman–Crippen MR) is 80.3 cm³/mol. The topological polar surface area (TPSA) is 108 Å². The number of para-hydroxylation sites is 1. The highest BCUT2D eigenvalue weighted by atomic mass is 32.2. The molecule has 0 spiro atoms. The van der Waals surface area contributed by atoms with Crippen LogP contribution in [0.3, 0.4) is 0 Å². The predicted octanol–water partition coefficient (Wildman–Crippen LogP) is 1.32. The highest BCUT2D eigenvalue weighted by Gasteiger charge is 2.15. The fraction of sp³-hybridized carbons (Fsp3) is 0.214. The Hall–Kier alpha value is -2.12. The summed E-state index contributed by atoms with van der Waals surface area (Å²) in [6.07, 6.45) is 5.11. The monoisotopic (exact) mass is 307 g/mol. The molecule has 6 nitrogen and oxygen atoms in total. The summed E-state index contributed by atoms with van der Waals surface area (Å²) in [5, 5.41) is 5.09. The van der Waals surface area contributed by atoms with E-state index >= 15 is 0 Å². The van der Waals surface area contributed by atoms with Gasteiger partial charge in [-0.15, -0.1) is 0 Å². The minimum Gasteiger partial charge on any atom is -0.491 e. The maximum atomic E-state index is 11.4. The lowest BCUT2D eigenvalue weighted by atomic mass is 10.1. The van der Waals surface area contributed by atoms with Crippen LogP contribution in [0.4, 0.5) is 5.69 Å². The molecule has 0 saturated heterocycles. The van der Waals surface area contributed by atoms with E-state index in [0.717, 1.165) is 12.8 Å². The van der Waals surface area contributed by atoms with Crippen molar-refractivity contribution in [1.29, 1.82) is 0 Å². The zero-order valence-electron chi connectivity index (χ0n) is 11.4. The number of aryl methyl sites for hydroxylation is 1. The molecule has 0 aliphatic carbocycles. The summed E-state index contributed by atoms with van der Waals surface area (Å²) in [6, 6.07) is 8.41. The van der Waals surface area contributed by atoms with E-state index < -0.39 is 10.0 Å². The second kappa shape index (κ2) is 6.55. The molecular weight excluding hydrogens is 290 g/mol. The zero-order valence-corrected chi connectivity index (χ0v) is 12.2. The third kappa shape index (κ3) is 4.17. The third-order valence-corrected chi connectivity index (χ3v) is 3.92. The Morgan fingerprint density at radius 3 is 2.52 bits per heavy atom. The van der Waals surface area contributed by atoms with Gasteiger partial charge in [-0.1, -0.05) is 6.07 Å². The van der Waals surface area contributed by atoms with E-state index in [0.29, 0.717) is 12.4 Å². The van der Waals surface area contributed by atoms with Gasteiger partial charge >= 0.3 is 0 Å². The first kappa shape index (κ1) is 15.3. The van der Waals surface area contributed by atoms with Gasteiger partial charge in [0, 0.05) is 12.4 Å². The van der Waals surface area contributed by atoms with Crippen molar-refractivity contribution >= 4 is 15.7 Å². The van der Waals surface area contributed by atoms with Crippen LogP contribution in [0.1, 0.15) is 12.0 Å². The molecule has 1 heterocycles. The molecular formula is C14H17N3O3S. The van der Waals surface area contributed by atoms with Crippen molar-refractivity contribution in [2.75, 3.05) is 12.3 Å². The average Bonchev–Trinajstić information content (AvgIpc) is 2.45. The number of rotatable bonds is 6. The lowest BCUT2D eigenvalue weighted by Crippen LogP contribution is -2.15. The number of aromatic nitrogens is 1. The highest BCUT2D eigenvalue weighted by Crippen LogP contribution is 2.27. The summed E-state index contributed by atoms with van der Waals surface area (Å²) in [5.41, 5.74) is 6.98. The molecule has 0 aliphatic heterocycles. The Labute approximate surface area is 123 Å². The number of hydrogen-bond acceptors (Lipinski definition) is 5. The Morgan fingerprint density at radius 1 is 1.14 bits per heavy atom. The van der Waals surface area contributed by atoms with Gasteiger partial charge in [-0.3, -0.25) is 4.98 Å². The third-order valence-electron chi connectivity index (χ3n) is 2.95. The lowest BCUT2D eigenvalue weighted by Gasteiger charge is -2.11. The minimum atomic E-state index is -3.84. The van der Waals surface area contributed by atoms with Crippen LogP contribution in [0, 0.1) is 0 Å². The van der Waals surface area contributed by atoms with E-state index in [1.165, 1.54) is 11.6 Å². The second-order valence-electron chi connectivity index (χ2n) is 4.52. The molecule has 2 rings (SSSR count). The molecule has 0 unspecified atom stereocenters. The Kier molecular flexibility index (Phi) is 4.77. The van der Waals surface area contributed by atoms with Crippen molar-refractivity contribution in [2.45, 2.75) is 17.7 Å². The van der Waals surface area contributed by atoms with E-state index in [4.69, 9.17) is 15.6 Å². The van der Waals surface area contributed by atoms with Crippen LogP contribution in [0.15, 0.2) is 47.6 Å². The molecule has 7 heteroatoms. The van der Waals surface area contributed by atoms with Gasteiger partial charge in [-0.2, -0.15) is 0 Å². The van der Waals surface area contributed by atoms with Gasteiger partial charge in [-0.25, -0.2) is 13.6 Å². The number of primary sulfonamides is 1. The first-order valence-corrected chi connectivity index (χ1v) is 7.96. The van der Waals surface area contributed by atoms with Crippen LogP contribution in [0.25, 0.3) is 0 Å². The van der Waals surface area contributed by atoms with E-state index in [2.05, 4.69) is 4.98 Å². The van der Waals surface area contributed by atoms with Gasteiger partial charge in [0.25, 0.3) is 0 Å². The average molecular weight is 307 g/mol. The maximum Gasteiger partial charge on any atom is 0.240 e. The van der Waals surface area contributed by atoms with Crippen LogP contribution in [-0.2, 0) is 16.4 Å². The van der Waals surface area contributed by atoms with Gasteiger partial charge in [0.15, 0.2) is 0 Å². The van der Waals surface area contributed by atoms with Crippen LogP contribution >= 0.6 is 0 Å². The van der Waals surface area contributed by atoms with Gasteiger partial charge in [0.1, 0.15) is 10.6 Å². The smallest absolute Gasteiger partial charge is 0.240 e. The fourth-order valence-corrected chi connectivity index (χ4v) is 2.58. The quantitative estimate of drug-likeness (QED) is 0.618. The molecule has 0 atom stereocenters. The van der Waals surface area contributed by atoms with Crippen LogP contribution in [0.2, 0.25) is 0 Å². The summed E-state index contributed by atoms with van der Waals surface area (Å²) in [7, 11) is -3.84. The first-order valence-electron chi connectivity index (χ1n) is 6.41. The molecule has 2 aromatic rings. The van der Waals surface area contributed by atoms with E-state index in [-0.39, 0.29) is 10.6 Å². The number of nitrogens with two attached hydrogens (primary N) is 2. The number of nitrogen functional groups attached to an aromatic ring is 1. The van der Waals surface area contributed by atoms with Gasteiger partial charge in [-0.05, 0) is 42.7 Å². The van der Waals surface area contributed by atoms with Gasteiger partial charge < -0.3 is 10.5 Å². The number of benzene rings is 1. The van der Waals surface area contributed by atoms with Crippen LogP contribution in [-0.4, -0.2) is 20.0 Å². The van der Waals surface area contributed by atoms with Crippen molar-refractivity contribution in [1.82, 2.24) is 4.98 Å². The lowest BCUT2D eigenvalue weighted by molar-refractivity contribution is 0.312. The number of sulfonamides is 1. The molecule has 0 bridgehead atoms. The molecule has 1 aromatic heterocycles. The standard InChI is InChI=1S/C14H17N3O3S/c15-14-12(4-1-5-13(14)21(16,18)19)20-10-2-3-11-6-8-17-9-7-11/h1,4-9H,2-3,10,15H2,(H2,16,18,19). The summed E-state index contributed by atoms with van der Waals surface area (Å²) in [5.74, 6) is 0.330. The van der Waals surface area contributed by atoms with Crippen molar-refractivity contribution in [3.63, 3.8) is 0 Å². The normalized spacial score (nSPS) is 11.3. The Bertz CT molecular complexity index is 703. The SMILES string of the molecule is Nc1c(OCCCc2ccncc2)cccc1S(N)(=O)=O. The molecule has 0 amide bonds. The summed E-state index contributed by atoms with van der Waals surface area (Å²) in [4.78, 5) is 3.83. The molecule has 0 aliphatic rings. The molecule has 1 aromatic carbocycles. The Morgan fingerprint density at radius 2 is 1.86 bits per heavy atom. The van der Waals surface area contributed by atoms with Crippen molar-refractivity contribution in [2.24, 2.45) is 5.14 Å². The molecule has 21 heavy (non-hydrogen) atoms. The highest BCUT2D eigenvalue weighted by molar-refractivity contribution is 7.89. The number of nitrogens with zero attached hydrogens (tertiary/aromatic N) is 1. The molecule has 112 valence electrons. The van der Waals surface area contributed by atoms with Crippen molar-refractivity contribution in [3.05, 3.63) is 48.3 Å². The van der Waals surface area contributed by atoms with Gasteiger partial charge in [0.2, 0.25) is 10.0 Å². The zero-order chi connectivity index (χ0) is 15.3. The second-order valence-corrected chi connectivity index (χ2v) is 6.05. The van der Waals surface area contributed by atoms with Gasteiger partial charge in [0.05, 0.1) is 12.3 Å². The number of anilines is 1. The summed E-state index contributed by atoms with van der Waals surface area (Å²) >= 11 is 0. The first-order chi connectivity index (χ1) is 9.98. The van der Waals surface area contributed by atoms with E-state index in [1.54, 1.807) is 24.5 Å².